The molecule has 0 spiro atoms. The highest BCUT2D eigenvalue weighted by Gasteiger charge is 2.16. The minimum absolute atomic E-state index is 0.0964. The van der Waals surface area contributed by atoms with Gasteiger partial charge < -0.3 is 5.11 Å². The highest BCUT2D eigenvalue weighted by molar-refractivity contribution is 5.69. The first-order valence-electron chi connectivity index (χ1n) is 7.80. The standard InChI is InChI=1S/C16H32O2/c1-4-5-6-9-12-15(16(17)18)13-10-7-8-11-14(2)3/h14-15H,4-13H2,1-3H3,(H,17,18). The summed E-state index contributed by atoms with van der Waals surface area (Å²) in [6.07, 6.45) is 11.3. The third-order valence-corrected chi connectivity index (χ3v) is 3.59. The summed E-state index contributed by atoms with van der Waals surface area (Å²) in [5.74, 6) is 0.0885. The van der Waals surface area contributed by atoms with Crippen molar-refractivity contribution in [2.75, 3.05) is 0 Å². The molecule has 0 radical (unpaired) electrons. The van der Waals surface area contributed by atoms with Crippen LogP contribution in [-0.4, -0.2) is 11.1 Å². The molecule has 0 aliphatic rings. The van der Waals surface area contributed by atoms with E-state index >= 15 is 0 Å². The molecule has 2 heteroatoms. The molecular weight excluding hydrogens is 224 g/mol. The maximum Gasteiger partial charge on any atom is 0.306 e. The van der Waals surface area contributed by atoms with Crippen LogP contribution in [0.15, 0.2) is 0 Å². The fourth-order valence-electron chi connectivity index (χ4n) is 2.33. The molecule has 18 heavy (non-hydrogen) atoms. The van der Waals surface area contributed by atoms with Crippen LogP contribution in [0.25, 0.3) is 0 Å². The quantitative estimate of drug-likeness (QED) is 0.483. The van der Waals surface area contributed by atoms with Crippen LogP contribution in [0.5, 0.6) is 0 Å². The smallest absolute Gasteiger partial charge is 0.306 e. The Morgan fingerprint density at radius 2 is 1.39 bits per heavy atom. The van der Waals surface area contributed by atoms with E-state index in [1.807, 2.05) is 0 Å². The number of aliphatic carboxylic acids is 1. The second kappa shape index (κ2) is 11.6. The van der Waals surface area contributed by atoms with Crippen molar-refractivity contribution in [3.63, 3.8) is 0 Å². The molecule has 0 aliphatic heterocycles. The van der Waals surface area contributed by atoms with Crippen molar-refractivity contribution in [2.45, 2.75) is 85.0 Å². The van der Waals surface area contributed by atoms with Crippen molar-refractivity contribution < 1.29 is 9.90 Å². The van der Waals surface area contributed by atoms with Crippen LogP contribution in [0.1, 0.15) is 85.0 Å². The molecule has 0 bridgehead atoms. The molecule has 108 valence electrons. The summed E-state index contributed by atoms with van der Waals surface area (Å²) in [6, 6.07) is 0. The minimum Gasteiger partial charge on any atom is -0.481 e. The third kappa shape index (κ3) is 10.6. The zero-order valence-corrected chi connectivity index (χ0v) is 12.6. The zero-order valence-electron chi connectivity index (χ0n) is 12.6. The van der Waals surface area contributed by atoms with Crippen molar-refractivity contribution in [1.29, 1.82) is 0 Å². The van der Waals surface area contributed by atoms with E-state index in [9.17, 15) is 9.90 Å². The fraction of sp³-hybridized carbons (Fsp3) is 0.938. The number of unbranched alkanes of at least 4 members (excludes halogenated alkanes) is 5. The van der Waals surface area contributed by atoms with E-state index in [1.165, 1.54) is 38.5 Å². The number of rotatable bonds is 12. The first-order valence-corrected chi connectivity index (χ1v) is 7.80. The molecule has 1 atom stereocenters. The van der Waals surface area contributed by atoms with Crippen LogP contribution in [0.4, 0.5) is 0 Å². The Labute approximate surface area is 113 Å². The summed E-state index contributed by atoms with van der Waals surface area (Å²) in [5, 5.41) is 9.17. The van der Waals surface area contributed by atoms with E-state index in [1.54, 1.807) is 0 Å². The first-order chi connectivity index (χ1) is 8.57. The Kier molecular flexibility index (Phi) is 11.2. The van der Waals surface area contributed by atoms with Gasteiger partial charge in [-0.1, -0.05) is 72.1 Å². The first kappa shape index (κ1) is 17.5. The predicted octanol–water partition coefficient (Wildman–Crippen LogP) is 5.26. The van der Waals surface area contributed by atoms with Gasteiger partial charge in [0.15, 0.2) is 0 Å². The van der Waals surface area contributed by atoms with E-state index < -0.39 is 5.97 Å². The highest BCUT2D eigenvalue weighted by atomic mass is 16.4. The highest BCUT2D eigenvalue weighted by Crippen LogP contribution is 2.19. The van der Waals surface area contributed by atoms with Gasteiger partial charge in [-0.15, -0.1) is 0 Å². The Hall–Kier alpha value is -0.530. The summed E-state index contributed by atoms with van der Waals surface area (Å²) in [5.41, 5.74) is 0. The van der Waals surface area contributed by atoms with Gasteiger partial charge in [0, 0.05) is 0 Å². The van der Waals surface area contributed by atoms with Gasteiger partial charge in [0.1, 0.15) is 0 Å². The predicted molar refractivity (Wildman–Crippen MR) is 77.8 cm³/mol. The molecule has 0 saturated carbocycles. The van der Waals surface area contributed by atoms with Gasteiger partial charge in [-0.2, -0.15) is 0 Å². The largest absolute Gasteiger partial charge is 0.481 e. The lowest BCUT2D eigenvalue weighted by Gasteiger charge is -2.12. The van der Waals surface area contributed by atoms with Crippen molar-refractivity contribution in [2.24, 2.45) is 11.8 Å². The molecule has 0 fully saturated rings. The average Bonchev–Trinajstić information content (AvgIpc) is 2.30. The molecule has 0 aromatic carbocycles. The Balaban J connectivity index is 3.60. The lowest BCUT2D eigenvalue weighted by Crippen LogP contribution is -2.13. The van der Waals surface area contributed by atoms with E-state index in [-0.39, 0.29) is 5.92 Å². The molecule has 0 aromatic heterocycles. The lowest BCUT2D eigenvalue weighted by molar-refractivity contribution is -0.142. The van der Waals surface area contributed by atoms with E-state index in [0.29, 0.717) is 0 Å². The van der Waals surface area contributed by atoms with Crippen LogP contribution in [0, 0.1) is 11.8 Å². The SMILES string of the molecule is CCCCCCC(CCCCCC(C)C)C(=O)O. The molecule has 0 aromatic rings. The van der Waals surface area contributed by atoms with Gasteiger partial charge in [0.2, 0.25) is 0 Å². The van der Waals surface area contributed by atoms with E-state index in [0.717, 1.165) is 31.6 Å². The zero-order chi connectivity index (χ0) is 13.8. The van der Waals surface area contributed by atoms with Crippen molar-refractivity contribution in [3.05, 3.63) is 0 Å². The minimum atomic E-state index is -0.588. The fourth-order valence-corrected chi connectivity index (χ4v) is 2.33. The maximum atomic E-state index is 11.1. The molecule has 0 saturated heterocycles. The Morgan fingerprint density at radius 3 is 1.83 bits per heavy atom. The van der Waals surface area contributed by atoms with Crippen molar-refractivity contribution in [1.82, 2.24) is 0 Å². The summed E-state index contributed by atoms with van der Waals surface area (Å²) < 4.78 is 0. The summed E-state index contributed by atoms with van der Waals surface area (Å²) in [7, 11) is 0. The van der Waals surface area contributed by atoms with Crippen LogP contribution in [-0.2, 0) is 4.79 Å². The van der Waals surface area contributed by atoms with Gasteiger partial charge >= 0.3 is 5.97 Å². The second-order valence-corrected chi connectivity index (χ2v) is 5.92. The molecule has 1 N–H and O–H groups in total. The van der Waals surface area contributed by atoms with Gasteiger partial charge in [0.25, 0.3) is 0 Å². The van der Waals surface area contributed by atoms with Crippen LogP contribution < -0.4 is 0 Å². The summed E-state index contributed by atoms with van der Waals surface area (Å²) in [4.78, 5) is 11.1. The Bertz CT molecular complexity index is 199. The number of carboxylic acid groups (broad SMARTS) is 1. The summed E-state index contributed by atoms with van der Waals surface area (Å²) in [6.45, 7) is 6.67. The van der Waals surface area contributed by atoms with Gasteiger partial charge in [0.05, 0.1) is 5.92 Å². The lowest BCUT2D eigenvalue weighted by atomic mass is 9.94. The number of carboxylic acids is 1. The summed E-state index contributed by atoms with van der Waals surface area (Å²) >= 11 is 0. The van der Waals surface area contributed by atoms with Crippen molar-refractivity contribution in [3.8, 4) is 0 Å². The molecule has 0 amide bonds. The molecular formula is C16H32O2. The molecule has 0 heterocycles. The number of hydrogen-bond acceptors (Lipinski definition) is 1. The molecule has 0 aliphatic carbocycles. The van der Waals surface area contributed by atoms with Crippen LogP contribution in [0.3, 0.4) is 0 Å². The van der Waals surface area contributed by atoms with E-state index in [4.69, 9.17) is 0 Å². The molecule has 2 nitrogen and oxygen atoms in total. The van der Waals surface area contributed by atoms with Crippen molar-refractivity contribution >= 4 is 5.97 Å². The van der Waals surface area contributed by atoms with Crippen LogP contribution in [0.2, 0.25) is 0 Å². The van der Waals surface area contributed by atoms with Crippen LogP contribution >= 0.6 is 0 Å². The Morgan fingerprint density at radius 1 is 0.889 bits per heavy atom. The van der Waals surface area contributed by atoms with Gasteiger partial charge in [-0.3, -0.25) is 4.79 Å². The second-order valence-electron chi connectivity index (χ2n) is 5.92. The number of hydrogen-bond donors (Lipinski definition) is 1. The monoisotopic (exact) mass is 256 g/mol. The normalized spacial score (nSPS) is 12.9. The number of carbonyl (C=O) groups is 1. The van der Waals surface area contributed by atoms with E-state index in [2.05, 4.69) is 20.8 Å². The van der Waals surface area contributed by atoms with Gasteiger partial charge in [-0.25, -0.2) is 0 Å². The average molecular weight is 256 g/mol. The third-order valence-electron chi connectivity index (χ3n) is 3.59. The topological polar surface area (TPSA) is 37.3 Å². The van der Waals surface area contributed by atoms with Gasteiger partial charge in [-0.05, 0) is 18.8 Å². The molecule has 1 unspecified atom stereocenters. The molecule has 0 rings (SSSR count). The maximum absolute atomic E-state index is 11.1.